The Morgan fingerprint density at radius 2 is 2.00 bits per heavy atom. The van der Waals surface area contributed by atoms with Gasteiger partial charge >= 0.3 is 6.01 Å². The van der Waals surface area contributed by atoms with E-state index in [0.717, 1.165) is 44.0 Å². The van der Waals surface area contributed by atoms with Gasteiger partial charge in [-0.1, -0.05) is 50.3 Å². The van der Waals surface area contributed by atoms with Gasteiger partial charge in [0.2, 0.25) is 0 Å². The Hall–Kier alpha value is -3.60. The zero-order chi connectivity index (χ0) is 33.9. The zero-order valence-electron chi connectivity index (χ0n) is 29.0. The van der Waals surface area contributed by atoms with E-state index in [1.165, 1.54) is 40.6 Å². The van der Waals surface area contributed by atoms with Gasteiger partial charge in [0.05, 0.1) is 18.8 Å². The molecular formula is C37H53FN6O3. The molecule has 3 atom stereocenters. The van der Waals surface area contributed by atoms with Crippen LogP contribution in [0.4, 0.5) is 15.9 Å². The lowest BCUT2D eigenvalue weighted by atomic mass is 9.99. The third-order valence-corrected chi connectivity index (χ3v) is 8.84. The second kappa shape index (κ2) is 17.5. The first kappa shape index (κ1) is 36.2. The summed E-state index contributed by atoms with van der Waals surface area (Å²) in [7, 11) is 3.54. The lowest BCUT2D eigenvalue weighted by Gasteiger charge is -2.35. The number of fused-ring (bicyclic) bond motifs is 2. The first-order valence-corrected chi connectivity index (χ1v) is 16.9. The standard InChI is InChI=1S/C31H43FN6O.C6H10O2/c1-5-13-38(17-21(2)16-33)30-26-12-14-37(28-11-7-10-23-9-6-8-22(3)29(23)28)19-27(26)34-31(35-30)39-20-25-15-24(32)18-36(25)4;1-6(7)4-3-5-8-2/h6-11,21,24-25H,5,12-20,33H2,1-4H3;3-4H,5H2,1-2H3/b;4-3+/t21-,24?,25?;/m0./s1. The number of aryl methyl sites for hydroxylation is 1. The number of ketones is 1. The van der Waals surface area contributed by atoms with Crippen LogP contribution in [0, 0.1) is 12.8 Å². The number of likely N-dealkylation sites (N-methyl/N-ethyl adjacent to an activating group) is 1. The number of nitrogens with zero attached hydrogens (tertiary/aromatic N) is 5. The van der Waals surface area contributed by atoms with Crippen LogP contribution in [0.25, 0.3) is 10.8 Å². The number of hydrogen-bond donors (Lipinski definition) is 1. The minimum atomic E-state index is -0.806. The van der Waals surface area contributed by atoms with Crippen LogP contribution in [0.5, 0.6) is 6.01 Å². The fourth-order valence-corrected chi connectivity index (χ4v) is 6.38. The number of methoxy groups -OCH3 is 1. The van der Waals surface area contributed by atoms with E-state index in [2.05, 4.69) is 71.7 Å². The third-order valence-electron chi connectivity index (χ3n) is 8.84. The number of nitrogens with two attached hydrogens (primary N) is 1. The molecule has 1 saturated heterocycles. The predicted octanol–water partition coefficient (Wildman–Crippen LogP) is 5.51. The number of allylic oxidation sites excluding steroid dienone is 1. The summed E-state index contributed by atoms with van der Waals surface area (Å²) >= 11 is 0. The van der Waals surface area contributed by atoms with Crippen molar-refractivity contribution >= 4 is 28.1 Å². The second-order valence-electron chi connectivity index (χ2n) is 12.9. The molecule has 0 aliphatic carbocycles. The molecular weight excluding hydrogens is 595 g/mol. The van der Waals surface area contributed by atoms with Crippen LogP contribution in [-0.4, -0.2) is 93.0 Å². The molecule has 5 rings (SSSR count). The molecule has 3 heterocycles. The first-order valence-electron chi connectivity index (χ1n) is 16.9. The number of carbonyl (C=O) groups is 1. The van der Waals surface area contributed by atoms with Gasteiger partial charge < -0.3 is 25.0 Å². The number of ether oxygens (including phenoxy) is 2. The maximum atomic E-state index is 14.0. The van der Waals surface area contributed by atoms with Crippen LogP contribution in [-0.2, 0) is 22.5 Å². The molecule has 2 aliphatic heterocycles. The normalized spacial score (nSPS) is 18.6. The molecule has 2 N–H and O–H groups in total. The maximum absolute atomic E-state index is 14.0. The first-order chi connectivity index (χ1) is 22.6. The summed E-state index contributed by atoms with van der Waals surface area (Å²) in [6, 6.07) is 13.4. The van der Waals surface area contributed by atoms with Crippen molar-refractivity contribution in [1.29, 1.82) is 0 Å². The number of anilines is 2. The molecule has 10 heteroatoms. The number of aromatic nitrogens is 2. The van der Waals surface area contributed by atoms with Gasteiger partial charge in [0, 0.05) is 56.0 Å². The summed E-state index contributed by atoms with van der Waals surface area (Å²) in [5.41, 5.74) is 10.7. The molecule has 2 aromatic carbocycles. The van der Waals surface area contributed by atoms with Crippen molar-refractivity contribution in [3.05, 3.63) is 65.4 Å². The number of benzene rings is 2. The SMILES string of the molecule is CCCN(C[C@@H](C)CN)c1nc(OCC2CC(F)CN2C)nc2c1CCN(c1cccc3cccc(C)c13)C2.COC/C=C/C(C)=O. The molecule has 1 fully saturated rings. The fraction of sp³-hybridized carbons (Fsp3) is 0.541. The van der Waals surface area contributed by atoms with Crippen LogP contribution in [0.1, 0.15) is 50.4 Å². The summed E-state index contributed by atoms with van der Waals surface area (Å²) in [5.74, 6) is 1.37. The Morgan fingerprint density at radius 1 is 1.23 bits per heavy atom. The van der Waals surface area contributed by atoms with Crippen LogP contribution < -0.4 is 20.3 Å². The summed E-state index contributed by atoms with van der Waals surface area (Å²) in [4.78, 5) is 26.9. The van der Waals surface area contributed by atoms with Gasteiger partial charge in [-0.05, 0) is 75.7 Å². The van der Waals surface area contributed by atoms with E-state index in [0.29, 0.717) is 51.2 Å². The molecule has 9 nitrogen and oxygen atoms in total. The molecule has 256 valence electrons. The Bertz CT molecular complexity index is 1500. The Kier molecular flexibility index (Phi) is 13.5. The van der Waals surface area contributed by atoms with Crippen molar-refractivity contribution in [1.82, 2.24) is 14.9 Å². The van der Waals surface area contributed by atoms with E-state index in [1.54, 1.807) is 13.2 Å². The van der Waals surface area contributed by atoms with Crippen molar-refractivity contribution in [2.45, 2.75) is 65.7 Å². The van der Waals surface area contributed by atoms with Gasteiger partial charge in [0.25, 0.3) is 0 Å². The van der Waals surface area contributed by atoms with Crippen molar-refractivity contribution in [2.75, 3.05) is 69.9 Å². The largest absolute Gasteiger partial charge is 0.462 e. The average molecular weight is 649 g/mol. The van der Waals surface area contributed by atoms with Gasteiger partial charge in [-0.3, -0.25) is 9.69 Å². The van der Waals surface area contributed by atoms with E-state index >= 15 is 0 Å². The van der Waals surface area contributed by atoms with Gasteiger partial charge in [0.15, 0.2) is 5.78 Å². The van der Waals surface area contributed by atoms with Gasteiger partial charge in [-0.2, -0.15) is 9.97 Å². The number of carbonyl (C=O) groups excluding carboxylic acids is 1. The third kappa shape index (κ3) is 9.72. The highest BCUT2D eigenvalue weighted by molar-refractivity contribution is 5.97. The fourth-order valence-electron chi connectivity index (χ4n) is 6.38. The topological polar surface area (TPSA) is 97.0 Å². The molecule has 3 aromatic rings. The highest BCUT2D eigenvalue weighted by Gasteiger charge is 2.31. The van der Waals surface area contributed by atoms with Crippen molar-refractivity contribution < 1.29 is 18.7 Å². The van der Waals surface area contributed by atoms with E-state index in [-0.39, 0.29) is 11.8 Å². The lowest BCUT2D eigenvalue weighted by Crippen LogP contribution is -2.37. The molecule has 0 bridgehead atoms. The van der Waals surface area contributed by atoms with Gasteiger partial charge in [-0.25, -0.2) is 4.39 Å². The highest BCUT2D eigenvalue weighted by atomic mass is 19.1. The van der Waals surface area contributed by atoms with E-state index in [4.69, 9.17) is 20.4 Å². The Morgan fingerprint density at radius 3 is 2.66 bits per heavy atom. The number of likely N-dealkylation sites (tertiary alicyclic amines) is 1. The minimum absolute atomic E-state index is 0.0299. The van der Waals surface area contributed by atoms with Crippen molar-refractivity contribution in [3.8, 4) is 6.01 Å². The Balaban J connectivity index is 0.000000555. The van der Waals surface area contributed by atoms with E-state index in [9.17, 15) is 9.18 Å². The highest BCUT2D eigenvalue weighted by Crippen LogP contribution is 2.35. The Labute approximate surface area is 279 Å². The van der Waals surface area contributed by atoms with Crippen LogP contribution in [0.15, 0.2) is 48.6 Å². The van der Waals surface area contributed by atoms with Crippen LogP contribution in [0.2, 0.25) is 0 Å². The van der Waals surface area contributed by atoms with Crippen molar-refractivity contribution in [3.63, 3.8) is 0 Å². The van der Waals surface area contributed by atoms with Gasteiger partial charge in [0.1, 0.15) is 18.6 Å². The molecule has 0 amide bonds. The minimum Gasteiger partial charge on any atom is -0.462 e. The van der Waals surface area contributed by atoms with Gasteiger partial charge in [-0.15, -0.1) is 0 Å². The summed E-state index contributed by atoms with van der Waals surface area (Å²) in [6.45, 7) is 13.4. The number of rotatable bonds is 13. The molecule has 2 aliphatic rings. The lowest BCUT2D eigenvalue weighted by molar-refractivity contribution is -0.112. The molecule has 2 unspecified atom stereocenters. The van der Waals surface area contributed by atoms with E-state index in [1.807, 2.05) is 11.9 Å². The maximum Gasteiger partial charge on any atom is 0.318 e. The zero-order valence-corrected chi connectivity index (χ0v) is 29.0. The molecule has 1 aromatic heterocycles. The monoisotopic (exact) mass is 648 g/mol. The summed E-state index contributed by atoms with van der Waals surface area (Å²) in [6.07, 6.45) is 4.72. The molecule has 0 radical (unpaired) electrons. The van der Waals surface area contributed by atoms with E-state index < -0.39 is 6.17 Å². The molecule has 47 heavy (non-hydrogen) atoms. The average Bonchev–Trinajstić information content (AvgIpc) is 3.39. The number of hydrogen-bond acceptors (Lipinski definition) is 9. The molecule has 0 spiro atoms. The number of alkyl halides is 1. The molecule has 0 saturated carbocycles. The predicted molar refractivity (Wildman–Crippen MR) is 189 cm³/mol. The van der Waals surface area contributed by atoms with Crippen LogP contribution in [0.3, 0.4) is 0 Å². The second-order valence-corrected chi connectivity index (χ2v) is 12.9. The summed E-state index contributed by atoms with van der Waals surface area (Å²) in [5, 5.41) is 2.55. The quantitative estimate of drug-likeness (QED) is 0.241. The number of halogens is 1. The smallest absolute Gasteiger partial charge is 0.318 e. The van der Waals surface area contributed by atoms with Crippen LogP contribution >= 0.6 is 0 Å². The summed E-state index contributed by atoms with van der Waals surface area (Å²) < 4.78 is 24.8. The van der Waals surface area contributed by atoms with Crippen molar-refractivity contribution in [2.24, 2.45) is 11.7 Å².